The molecule has 0 saturated heterocycles. The van der Waals surface area contributed by atoms with Crippen molar-refractivity contribution in [2.24, 2.45) is 0 Å². The van der Waals surface area contributed by atoms with Crippen molar-refractivity contribution < 1.29 is 22.7 Å². The third kappa shape index (κ3) is 4.15. The van der Waals surface area contributed by atoms with Gasteiger partial charge < -0.3 is 15.8 Å². The van der Waals surface area contributed by atoms with E-state index in [1.165, 1.54) is 18.2 Å². The van der Waals surface area contributed by atoms with Crippen molar-refractivity contribution >= 4 is 11.6 Å². The van der Waals surface area contributed by atoms with E-state index in [1.807, 2.05) is 0 Å². The Hall–Kier alpha value is -1.92. The lowest BCUT2D eigenvalue weighted by Crippen LogP contribution is -2.23. The highest BCUT2D eigenvalue weighted by atomic mass is 19.4. The number of halogens is 3. The standard InChI is InChI=1S/C11H13F3N2O2/c1-2-16-10(17)7-3-4-8(15)9(5-7)18-6-11(12,13)14/h3-5H,2,6,15H2,1H3,(H,16,17). The number of anilines is 1. The molecule has 0 heterocycles. The number of hydrogen-bond acceptors (Lipinski definition) is 3. The first-order valence-electron chi connectivity index (χ1n) is 5.20. The number of nitrogen functional groups attached to an aromatic ring is 1. The fourth-order valence-electron chi connectivity index (χ4n) is 1.22. The lowest BCUT2D eigenvalue weighted by atomic mass is 10.2. The average molecular weight is 262 g/mol. The van der Waals surface area contributed by atoms with E-state index in [1.54, 1.807) is 6.92 Å². The third-order valence-corrected chi connectivity index (χ3v) is 2.00. The Morgan fingerprint density at radius 2 is 2.11 bits per heavy atom. The van der Waals surface area contributed by atoms with Crippen LogP contribution >= 0.6 is 0 Å². The molecule has 0 aliphatic heterocycles. The molecular formula is C11H13F3N2O2. The van der Waals surface area contributed by atoms with E-state index in [-0.39, 0.29) is 17.0 Å². The van der Waals surface area contributed by atoms with Crippen molar-refractivity contribution in [1.82, 2.24) is 5.32 Å². The maximum absolute atomic E-state index is 12.0. The summed E-state index contributed by atoms with van der Waals surface area (Å²) in [4.78, 5) is 11.5. The number of benzene rings is 1. The summed E-state index contributed by atoms with van der Waals surface area (Å²) in [5, 5.41) is 2.52. The molecule has 100 valence electrons. The van der Waals surface area contributed by atoms with Crippen molar-refractivity contribution in [3.63, 3.8) is 0 Å². The van der Waals surface area contributed by atoms with Crippen LogP contribution in [0.5, 0.6) is 5.75 Å². The van der Waals surface area contributed by atoms with Gasteiger partial charge in [0.25, 0.3) is 5.91 Å². The minimum Gasteiger partial charge on any atom is -0.482 e. The van der Waals surface area contributed by atoms with Crippen LogP contribution in [0.2, 0.25) is 0 Å². The van der Waals surface area contributed by atoms with Crippen molar-refractivity contribution in [3.05, 3.63) is 23.8 Å². The molecule has 18 heavy (non-hydrogen) atoms. The zero-order chi connectivity index (χ0) is 13.8. The van der Waals surface area contributed by atoms with E-state index in [0.717, 1.165) is 0 Å². The Labute approximate surface area is 102 Å². The molecule has 4 nitrogen and oxygen atoms in total. The largest absolute Gasteiger partial charge is 0.482 e. The summed E-state index contributed by atoms with van der Waals surface area (Å²) in [6.45, 7) is 0.703. The number of carbonyl (C=O) groups is 1. The Kier molecular flexibility index (Phi) is 4.41. The van der Waals surface area contributed by atoms with Gasteiger partial charge in [-0.1, -0.05) is 0 Å². The van der Waals surface area contributed by atoms with Crippen LogP contribution in [0.1, 0.15) is 17.3 Å². The molecule has 0 radical (unpaired) electrons. The fraction of sp³-hybridized carbons (Fsp3) is 0.364. The van der Waals surface area contributed by atoms with Crippen molar-refractivity contribution in [3.8, 4) is 5.75 Å². The molecule has 0 aromatic heterocycles. The molecule has 0 aliphatic rings. The summed E-state index contributed by atoms with van der Waals surface area (Å²) in [5.41, 5.74) is 5.71. The predicted molar refractivity (Wildman–Crippen MR) is 60.4 cm³/mol. The Morgan fingerprint density at radius 1 is 1.44 bits per heavy atom. The summed E-state index contributed by atoms with van der Waals surface area (Å²) in [6, 6.07) is 3.93. The second-order valence-corrected chi connectivity index (χ2v) is 3.52. The monoisotopic (exact) mass is 262 g/mol. The van der Waals surface area contributed by atoms with Crippen molar-refractivity contribution in [2.45, 2.75) is 13.1 Å². The maximum Gasteiger partial charge on any atom is 0.422 e. The van der Waals surface area contributed by atoms with Gasteiger partial charge in [-0.25, -0.2) is 0 Å². The van der Waals surface area contributed by atoms with E-state index in [9.17, 15) is 18.0 Å². The van der Waals surface area contributed by atoms with Crippen LogP contribution in [0.25, 0.3) is 0 Å². The second-order valence-electron chi connectivity index (χ2n) is 3.52. The Bertz CT molecular complexity index is 433. The molecular weight excluding hydrogens is 249 g/mol. The highest BCUT2D eigenvalue weighted by molar-refractivity contribution is 5.95. The van der Waals surface area contributed by atoms with Gasteiger partial charge in [0.1, 0.15) is 5.75 Å². The van der Waals surface area contributed by atoms with Gasteiger partial charge in [-0.15, -0.1) is 0 Å². The molecule has 0 atom stereocenters. The van der Waals surface area contributed by atoms with Crippen LogP contribution in [0.4, 0.5) is 18.9 Å². The molecule has 0 fully saturated rings. The van der Waals surface area contributed by atoms with Gasteiger partial charge in [0.05, 0.1) is 5.69 Å². The van der Waals surface area contributed by atoms with E-state index in [0.29, 0.717) is 6.54 Å². The molecule has 1 aromatic rings. The fourth-order valence-corrected chi connectivity index (χ4v) is 1.22. The highest BCUT2D eigenvalue weighted by Gasteiger charge is 2.28. The summed E-state index contributed by atoms with van der Waals surface area (Å²) < 4.78 is 40.6. The van der Waals surface area contributed by atoms with Crippen LogP contribution < -0.4 is 15.8 Å². The minimum atomic E-state index is -4.45. The predicted octanol–water partition coefficient (Wildman–Crippen LogP) is 1.96. The van der Waals surface area contributed by atoms with Gasteiger partial charge in [0.2, 0.25) is 0 Å². The summed E-state index contributed by atoms with van der Waals surface area (Å²) >= 11 is 0. The Balaban J connectivity index is 2.84. The first-order chi connectivity index (χ1) is 8.33. The number of alkyl halides is 3. The second kappa shape index (κ2) is 5.61. The number of nitrogens with two attached hydrogens (primary N) is 1. The van der Waals surface area contributed by atoms with Gasteiger partial charge in [-0.05, 0) is 25.1 Å². The van der Waals surface area contributed by atoms with Crippen LogP contribution in [-0.4, -0.2) is 25.2 Å². The molecule has 1 amide bonds. The van der Waals surface area contributed by atoms with Crippen LogP contribution in [-0.2, 0) is 0 Å². The smallest absolute Gasteiger partial charge is 0.422 e. The lowest BCUT2D eigenvalue weighted by molar-refractivity contribution is -0.153. The molecule has 0 saturated carbocycles. The zero-order valence-corrected chi connectivity index (χ0v) is 9.67. The molecule has 7 heteroatoms. The molecule has 0 aliphatic carbocycles. The SMILES string of the molecule is CCNC(=O)c1ccc(N)c(OCC(F)(F)F)c1. The van der Waals surface area contributed by atoms with Crippen molar-refractivity contribution in [1.29, 1.82) is 0 Å². The molecule has 0 bridgehead atoms. The average Bonchev–Trinajstić information content (AvgIpc) is 2.27. The van der Waals surface area contributed by atoms with Gasteiger partial charge in [-0.3, -0.25) is 4.79 Å². The lowest BCUT2D eigenvalue weighted by Gasteiger charge is -2.12. The number of rotatable bonds is 4. The first kappa shape index (κ1) is 14.1. The summed E-state index contributed by atoms with van der Waals surface area (Å²) in [6.07, 6.45) is -4.45. The zero-order valence-electron chi connectivity index (χ0n) is 9.67. The quantitative estimate of drug-likeness (QED) is 0.815. The maximum atomic E-state index is 12.0. The van der Waals surface area contributed by atoms with E-state index in [2.05, 4.69) is 10.1 Å². The number of hydrogen-bond donors (Lipinski definition) is 2. The molecule has 1 rings (SSSR count). The van der Waals surface area contributed by atoms with Gasteiger partial charge in [0, 0.05) is 12.1 Å². The van der Waals surface area contributed by atoms with Crippen molar-refractivity contribution in [2.75, 3.05) is 18.9 Å². The number of amides is 1. The van der Waals surface area contributed by atoms with Gasteiger partial charge >= 0.3 is 6.18 Å². The molecule has 3 N–H and O–H groups in total. The number of ether oxygens (including phenoxy) is 1. The summed E-state index contributed by atoms with van der Waals surface area (Å²) in [7, 11) is 0. The van der Waals surface area contributed by atoms with E-state index < -0.39 is 18.7 Å². The molecule has 1 aromatic carbocycles. The van der Waals surface area contributed by atoms with Gasteiger partial charge in [0.15, 0.2) is 6.61 Å². The van der Waals surface area contributed by atoms with E-state index in [4.69, 9.17) is 5.73 Å². The Morgan fingerprint density at radius 3 is 2.67 bits per heavy atom. The van der Waals surface area contributed by atoms with Crippen LogP contribution in [0.15, 0.2) is 18.2 Å². The van der Waals surface area contributed by atoms with Gasteiger partial charge in [-0.2, -0.15) is 13.2 Å². The number of nitrogens with one attached hydrogen (secondary N) is 1. The van der Waals surface area contributed by atoms with Crippen LogP contribution in [0.3, 0.4) is 0 Å². The van der Waals surface area contributed by atoms with E-state index >= 15 is 0 Å². The van der Waals surface area contributed by atoms with Crippen LogP contribution in [0, 0.1) is 0 Å². The highest BCUT2D eigenvalue weighted by Crippen LogP contribution is 2.25. The third-order valence-electron chi connectivity index (χ3n) is 2.00. The minimum absolute atomic E-state index is 0.0484. The first-order valence-corrected chi connectivity index (χ1v) is 5.20. The molecule has 0 unspecified atom stereocenters. The molecule has 0 spiro atoms. The normalized spacial score (nSPS) is 11.1. The number of carbonyl (C=O) groups excluding carboxylic acids is 1. The summed E-state index contributed by atoms with van der Waals surface area (Å²) in [5.74, 6) is -0.551. The topological polar surface area (TPSA) is 64.4 Å².